The number of hydrogen-bond donors (Lipinski definition) is 0. The van der Waals surface area contributed by atoms with Crippen molar-refractivity contribution < 1.29 is 4.74 Å². The van der Waals surface area contributed by atoms with Gasteiger partial charge in [0.15, 0.2) is 0 Å². The molecule has 4 heteroatoms. The molecule has 0 aliphatic heterocycles. The minimum Gasteiger partial charge on any atom is -0.424 e. The summed E-state index contributed by atoms with van der Waals surface area (Å²) < 4.78 is 5.79. The van der Waals surface area contributed by atoms with Gasteiger partial charge >= 0.3 is 6.01 Å². The van der Waals surface area contributed by atoms with Crippen LogP contribution in [0.2, 0.25) is 0 Å². The fourth-order valence-corrected chi connectivity index (χ4v) is 2.24. The maximum Gasteiger partial charge on any atom is 0.322 e. The summed E-state index contributed by atoms with van der Waals surface area (Å²) in [6, 6.07) is 6.56. The molecule has 0 N–H and O–H groups in total. The van der Waals surface area contributed by atoms with Crippen molar-refractivity contribution in [2.75, 3.05) is 0 Å². The molecule has 21 heavy (non-hydrogen) atoms. The van der Waals surface area contributed by atoms with Crippen molar-refractivity contribution in [2.24, 2.45) is 0 Å². The van der Waals surface area contributed by atoms with Gasteiger partial charge in [0, 0.05) is 17.5 Å². The number of aryl methyl sites for hydroxylation is 2. The molecule has 0 spiro atoms. The van der Waals surface area contributed by atoms with Gasteiger partial charge in [-0.05, 0) is 36.5 Å². The lowest BCUT2D eigenvalue weighted by atomic mass is 9.86. The molecule has 0 aliphatic rings. The lowest BCUT2D eigenvalue weighted by molar-refractivity contribution is 0.436. The number of hydrogen-bond acceptors (Lipinski definition) is 3. The number of aromatic nitrogens is 2. The molecule has 2 aromatic rings. The van der Waals surface area contributed by atoms with Crippen LogP contribution in [-0.2, 0) is 11.3 Å². The van der Waals surface area contributed by atoms with Crippen LogP contribution in [0.1, 0.15) is 43.2 Å². The lowest BCUT2D eigenvalue weighted by Gasteiger charge is -2.20. The largest absolute Gasteiger partial charge is 0.424 e. The average Bonchev–Trinajstić information content (AvgIpc) is 2.40. The summed E-state index contributed by atoms with van der Waals surface area (Å²) in [5.74, 6) is 1.19. The van der Waals surface area contributed by atoms with Gasteiger partial charge in [-0.15, -0.1) is 11.6 Å². The molecular weight excluding hydrogens is 284 g/mol. The Morgan fingerprint density at radius 1 is 1.19 bits per heavy atom. The van der Waals surface area contributed by atoms with Crippen molar-refractivity contribution in [3.8, 4) is 11.8 Å². The topological polar surface area (TPSA) is 35.0 Å². The quantitative estimate of drug-likeness (QED) is 0.755. The molecule has 0 radical (unpaired) electrons. The van der Waals surface area contributed by atoms with Crippen molar-refractivity contribution in [3.05, 3.63) is 46.8 Å². The summed E-state index contributed by atoms with van der Waals surface area (Å²) >= 11 is 5.81. The van der Waals surface area contributed by atoms with Gasteiger partial charge in [0.2, 0.25) is 0 Å². The zero-order valence-corrected chi connectivity index (χ0v) is 14.0. The molecule has 0 atom stereocenters. The van der Waals surface area contributed by atoms with Crippen LogP contribution in [0.15, 0.2) is 24.4 Å². The molecule has 0 unspecified atom stereocenters. The van der Waals surface area contributed by atoms with Crippen molar-refractivity contribution >= 4 is 11.6 Å². The maximum atomic E-state index is 5.81. The molecule has 0 fully saturated rings. The minimum absolute atomic E-state index is 0.123. The predicted molar refractivity (Wildman–Crippen MR) is 86.3 cm³/mol. The van der Waals surface area contributed by atoms with E-state index in [-0.39, 0.29) is 5.41 Å². The van der Waals surface area contributed by atoms with Crippen molar-refractivity contribution in [2.45, 2.75) is 45.9 Å². The Morgan fingerprint density at radius 3 is 2.43 bits per heavy atom. The standard InChI is InChI=1S/C17H21ClN2O/c1-11-8-14(17(3,4)5)6-7-15(11)21-16-19-10-13(9-18)12(2)20-16/h6-8,10H,9H2,1-5H3. The minimum atomic E-state index is 0.123. The second-order valence-corrected chi connectivity index (χ2v) is 6.50. The smallest absolute Gasteiger partial charge is 0.322 e. The van der Waals surface area contributed by atoms with Crippen LogP contribution in [0.25, 0.3) is 0 Å². The molecule has 1 aromatic heterocycles. The predicted octanol–water partition coefficient (Wildman–Crippen LogP) is 4.92. The fourth-order valence-electron chi connectivity index (χ4n) is 1.98. The molecule has 3 nitrogen and oxygen atoms in total. The van der Waals surface area contributed by atoms with Crippen molar-refractivity contribution in [1.29, 1.82) is 0 Å². The molecule has 0 saturated heterocycles. The zero-order chi connectivity index (χ0) is 15.6. The Kier molecular flexibility index (Phi) is 4.52. The monoisotopic (exact) mass is 304 g/mol. The Hall–Kier alpha value is -1.61. The summed E-state index contributed by atoms with van der Waals surface area (Å²) in [5.41, 5.74) is 4.24. The van der Waals surface area contributed by atoms with Crippen molar-refractivity contribution in [3.63, 3.8) is 0 Å². The van der Waals surface area contributed by atoms with Crippen LogP contribution < -0.4 is 4.74 Å². The van der Waals surface area contributed by atoms with Gasteiger partial charge in [0.05, 0.1) is 5.88 Å². The number of alkyl halides is 1. The highest BCUT2D eigenvalue weighted by Gasteiger charge is 2.15. The maximum absolute atomic E-state index is 5.81. The summed E-state index contributed by atoms with van der Waals surface area (Å²) in [4.78, 5) is 8.53. The molecule has 0 amide bonds. The third-order valence-electron chi connectivity index (χ3n) is 3.45. The first kappa shape index (κ1) is 15.8. The van der Waals surface area contributed by atoms with Gasteiger partial charge in [0.1, 0.15) is 5.75 Å². The number of benzene rings is 1. The van der Waals surface area contributed by atoms with E-state index in [1.807, 2.05) is 19.9 Å². The van der Waals surface area contributed by atoms with E-state index >= 15 is 0 Å². The Balaban J connectivity index is 2.26. The molecule has 2 rings (SSSR count). The third-order valence-corrected chi connectivity index (χ3v) is 3.73. The number of halogens is 1. The SMILES string of the molecule is Cc1cc(C(C)(C)C)ccc1Oc1ncc(CCl)c(C)n1. The first-order valence-electron chi connectivity index (χ1n) is 6.98. The first-order valence-corrected chi connectivity index (χ1v) is 7.52. The number of nitrogens with zero attached hydrogens (tertiary/aromatic N) is 2. The van der Waals surface area contributed by atoms with E-state index < -0.39 is 0 Å². The third kappa shape index (κ3) is 3.73. The van der Waals surface area contributed by atoms with E-state index in [9.17, 15) is 0 Å². The molecule has 0 aliphatic carbocycles. The van der Waals surface area contributed by atoms with Crippen LogP contribution >= 0.6 is 11.6 Å². The van der Waals surface area contributed by atoms with Crippen LogP contribution in [-0.4, -0.2) is 9.97 Å². The van der Waals surface area contributed by atoms with E-state index in [0.29, 0.717) is 11.9 Å². The van der Waals surface area contributed by atoms with Crippen LogP contribution in [0.3, 0.4) is 0 Å². The van der Waals surface area contributed by atoms with Gasteiger partial charge in [-0.2, -0.15) is 4.98 Å². The molecule has 112 valence electrons. The highest BCUT2D eigenvalue weighted by Crippen LogP contribution is 2.29. The second kappa shape index (κ2) is 6.02. The van der Waals surface area contributed by atoms with Crippen LogP contribution in [0.5, 0.6) is 11.8 Å². The molecule has 0 saturated carbocycles. The van der Waals surface area contributed by atoms with E-state index in [0.717, 1.165) is 22.6 Å². The average molecular weight is 305 g/mol. The van der Waals surface area contributed by atoms with Crippen LogP contribution in [0, 0.1) is 13.8 Å². The highest BCUT2D eigenvalue weighted by molar-refractivity contribution is 6.17. The normalized spacial score (nSPS) is 11.5. The van der Waals surface area contributed by atoms with Crippen molar-refractivity contribution in [1.82, 2.24) is 9.97 Å². The van der Waals surface area contributed by atoms with E-state index in [2.05, 4.69) is 42.9 Å². The summed E-state index contributed by atoms with van der Waals surface area (Å²) in [5, 5.41) is 0. The van der Waals surface area contributed by atoms with E-state index in [1.54, 1.807) is 6.20 Å². The van der Waals surface area contributed by atoms with Gasteiger partial charge in [0.25, 0.3) is 0 Å². The Bertz CT molecular complexity index is 648. The van der Waals surface area contributed by atoms with Gasteiger partial charge in [-0.1, -0.05) is 32.9 Å². The summed E-state index contributed by atoms with van der Waals surface area (Å²) in [6.45, 7) is 10.5. The lowest BCUT2D eigenvalue weighted by Crippen LogP contribution is -2.11. The Morgan fingerprint density at radius 2 is 1.90 bits per heavy atom. The first-order chi connectivity index (χ1) is 9.81. The highest BCUT2D eigenvalue weighted by atomic mass is 35.5. The molecular formula is C17H21ClN2O. The number of rotatable bonds is 3. The number of ether oxygens (including phenoxy) is 1. The molecule has 1 aromatic carbocycles. The van der Waals surface area contributed by atoms with E-state index in [4.69, 9.17) is 16.3 Å². The van der Waals surface area contributed by atoms with E-state index in [1.165, 1.54) is 5.56 Å². The van der Waals surface area contributed by atoms with Gasteiger partial charge in [-0.25, -0.2) is 4.98 Å². The van der Waals surface area contributed by atoms with Gasteiger partial charge < -0.3 is 4.74 Å². The second-order valence-electron chi connectivity index (χ2n) is 6.23. The van der Waals surface area contributed by atoms with Crippen LogP contribution in [0.4, 0.5) is 0 Å². The summed E-state index contributed by atoms with van der Waals surface area (Å²) in [7, 11) is 0. The zero-order valence-electron chi connectivity index (χ0n) is 13.2. The Labute approximate surface area is 131 Å². The molecule has 1 heterocycles. The fraction of sp³-hybridized carbons (Fsp3) is 0.412. The summed E-state index contributed by atoms with van der Waals surface area (Å²) in [6.07, 6.45) is 1.71. The van der Waals surface area contributed by atoms with Gasteiger partial charge in [-0.3, -0.25) is 0 Å². The molecule has 0 bridgehead atoms.